The molecule has 1 aromatic carbocycles. The zero-order valence-electron chi connectivity index (χ0n) is 23.7. The summed E-state index contributed by atoms with van der Waals surface area (Å²) >= 11 is 0.125. The second-order valence-electron chi connectivity index (χ2n) is 8.54. The van der Waals surface area contributed by atoms with Crippen LogP contribution in [0.1, 0.15) is 102 Å². The van der Waals surface area contributed by atoms with E-state index in [1.54, 1.807) is 13.2 Å². The zero-order valence-corrected chi connectivity index (χ0v) is 26.6. The molecule has 6 nitrogen and oxygen atoms in total. The van der Waals surface area contributed by atoms with Gasteiger partial charge in [0.25, 0.3) is 0 Å². The topological polar surface area (TPSA) is 78.9 Å². The predicted octanol–water partition coefficient (Wildman–Crippen LogP) is 7.96. The van der Waals surface area contributed by atoms with Gasteiger partial charge in [-0.1, -0.05) is 82.6 Å². The van der Waals surface area contributed by atoms with Crippen LogP contribution in [-0.2, 0) is 40.9 Å². The van der Waals surface area contributed by atoms with E-state index in [1.807, 2.05) is 24.3 Å². The number of rotatable bonds is 18. The Labute approximate surface area is 235 Å². The Morgan fingerprint density at radius 1 is 0.730 bits per heavy atom. The number of methoxy groups -OCH3 is 3. The van der Waals surface area contributed by atoms with Crippen LogP contribution in [0.5, 0.6) is 5.75 Å². The third-order valence-corrected chi connectivity index (χ3v) is 5.60. The van der Waals surface area contributed by atoms with Gasteiger partial charge in [-0.05, 0) is 55.9 Å². The van der Waals surface area contributed by atoms with Gasteiger partial charge in [-0.15, -0.1) is 0 Å². The number of hydrogen-bond donors (Lipinski definition) is 0. The molecule has 0 aromatic heterocycles. The van der Waals surface area contributed by atoms with E-state index in [4.69, 9.17) is 8.31 Å². The van der Waals surface area contributed by atoms with Crippen molar-refractivity contribution >= 4 is 18.0 Å². The van der Waals surface area contributed by atoms with E-state index in [1.165, 1.54) is 90.9 Å². The van der Waals surface area contributed by atoms with E-state index in [2.05, 4.69) is 28.5 Å². The third kappa shape index (κ3) is 26.7. The Balaban J connectivity index is 0. The van der Waals surface area contributed by atoms with Crippen molar-refractivity contribution in [2.75, 3.05) is 21.3 Å². The Kier molecular flexibility index (Phi) is 30.1. The van der Waals surface area contributed by atoms with Crippen molar-refractivity contribution < 1.29 is 45.6 Å². The fourth-order valence-corrected chi connectivity index (χ4v) is 3.39. The van der Waals surface area contributed by atoms with Crippen LogP contribution >= 0.6 is 0 Å². The van der Waals surface area contributed by atoms with Crippen LogP contribution in [0.4, 0.5) is 0 Å². The van der Waals surface area contributed by atoms with Gasteiger partial charge in [0, 0.05) is 12.5 Å². The SMILES string of the molecule is CCCCCCC/C=C\CCCCCCCCC(=O)OC.COC(=O)/C=C/c1ccc(OC)cc1.[O]=[Zn]. The number of unbranched alkanes of at least 4 members (excludes halogenated alkanes) is 11. The van der Waals surface area contributed by atoms with Crippen LogP contribution in [0.25, 0.3) is 6.08 Å². The van der Waals surface area contributed by atoms with E-state index in [0.717, 1.165) is 24.2 Å². The Morgan fingerprint density at radius 2 is 1.24 bits per heavy atom. The molecule has 0 aliphatic rings. The molecule has 0 atom stereocenters. The maximum atomic E-state index is 10.9. The molecule has 0 aliphatic carbocycles. The number of carbonyl (C=O) groups excluding carboxylic acids is 2. The second-order valence-corrected chi connectivity index (χ2v) is 8.54. The van der Waals surface area contributed by atoms with Crippen molar-refractivity contribution in [2.24, 2.45) is 0 Å². The third-order valence-electron chi connectivity index (χ3n) is 5.60. The monoisotopic (exact) mass is 568 g/mol. The first-order chi connectivity index (χ1) is 18.1. The van der Waals surface area contributed by atoms with Gasteiger partial charge in [0.15, 0.2) is 0 Å². The van der Waals surface area contributed by atoms with Gasteiger partial charge in [-0.25, -0.2) is 4.79 Å². The molecule has 206 valence electrons. The molecule has 0 radical (unpaired) electrons. The van der Waals surface area contributed by atoms with Crippen LogP contribution in [0.15, 0.2) is 42.5 Å². The van der Waals surface area contributed by atoms with Crippen LogP contribution in [0, 0.1) is 0 Å². The quantitative estimate of drug-likeness (QED) is 0.0586. The molecule has 0 bridgehead atoms. The minimum atomic E-state index is -0.360. The second kappa shape index (κ2) is 30.1. The van der Waals surface area contributed by atoms with Crippen LogP contribution in [0.3, 0.4) is 0 Å². The number of carbonyl (C=O) groups is 2. The van der Waals surface area contributed by atoms with Crippen molar-refractivity contribution in [1.29, 1.82) is 0 Å². The van der Waals surface area contributed by atoms with E-state index >= 15 is 0 Å². The summed E-state index contributed by atoms with van der Waals surface area (Å²) in [6.45, 7) is 2.26. The molecule has 1 rings (SSSR count). The van der Waals surface area contributed by atoms with Crippen molar-refractivity contribution in [3.05, 3.63) is 48.1 Å². The molecule has 0 saturated heterocycles. The van der Waals surface area contributed by atoms with Gasteiger partial charge in [-0.3, -0.25) is 4.79 Å². The van der Waals surface area contributed by atoms with Crippen molar-refractivity contribution in [3.63, 3.8) is 0 Å². The average Bonchev–Trinajstić information content (AvgIpc) is 2.95. The first-order valence-corrected chi connectivity index (χ1v) is 14.7. The predicted molar refractivity (Wildman–Crippen MR) is 146 cm³/mol. The van der Waals surface area contributed by atoms with E-state index in [9.17, 15) is 9.59 Å². The molecular weight excluding hydrogens is 522 g/mol. The Hall–Kier alpha value is -2.14. The molecule has 0 N–H and O–H groups in total. The van der Waals surface area contributed by atoms with Gasteiger partial charge in [-0.2, -0.15) is 0 Å². The van der Waals surface area contributed by atoms with Gasteiger partial charge < -0.3 is 14.2 Å². The standard InChI is InChI=1S/C19H36O2.C11H12O3.O.Zn/c1-3-4-5-6-7-8-9-10-11-12-13-14-15-16-17-18-19(20)21-2;1-13-10-6-3-9(4-7-10)5-8-11(12)14-2;;/h9-10H,3-8,11-18H2,1-2H3;3-8H,1-2H3;;/b10-9-;8-5+;;. The summed E-state index contributed by atoms with van der Waals surface area (Å²) in [5.41, 5.74) is 0.927. The van der Waals surface area contributed by atoms with Crippen LogP contribution < -0.4 is 4.74 Å². The number of esters is 2. The van der Waals surface area contributed by atoms with Crippen molar-refractivity contribution in [2.45, 2.75) is 96.8 Å². The van der Waals surface area contributed by atoms with E-state index in [-0.39, 0.29) is 30.2 Å². The molecular formula is C30H48O6Zn. The minimum absolute atomic E-state index is 0.0742. The zero-order chi connectivity index (χ0) is 28.0. The molecule has 37 heavy (non-hydrogen) atoms. The van der Waals surface area contributed by atoms with E-state index < -0.39 is 0 Å². The average molecular weight is 570 g/mol. The van der Waals surface area contributed by atoms with Crippen molar-refractivity contribution in [3.8, 4) is 5.75 Å². The fourth-order valence-electron chi connectivity index (χ4n) is 3.39. The Bertz CT molecular complexity index is 715. The van der Waals surface area contributed by atoms with Gasteiger partial charge in [0.05, 0.1) is 21.3 Å². The van der Waals surface area contributed by atoms with Gasteiger partial charge in [0.2, 0.25) is 0 Å². The fraction of sp³-hybridized carbons (Fsp3) is 0.600. The summed E-state index contributed by atoms with van der Waals surface area (Å²) in [6, 6.07) is 7.38. The molecule has 0 heterocycles. The molecule has 0 saturated carbocycles. The van der Waals surface area contributed by atoms with Crippen molar-refractivity contribution in [1.82, 2.24) is 0 Å². The Morgan fingerprint density at radius 3 is 1.73 bits per heavy atom. The molecule has 0 fully saturated rings. The summed E-state index contributed by atoms with van der Waals surface area (Å²) in [4.78, 5) is 21.7. The molecule has 0 amide bonds. The summed E-state index contributed by atoms with van der Waals surface area (Å²) in [7, 11) is 4.42. The summed E-state index contributed by atoms with van der Waals surface area (Å²) in [6.07, 6.45) is 25.0. The molecule has 0 spiro atoms. The van der Waals surface area contributed by atoms with Gasteiger partial charge >= 0.3 is 33.8 Å². The van der Waals surface area contributed by atoms with Crippen LogP contribution in [0.2, 0.25) is 0 Å². The van der Waals surface area contributed by atoms with Gasteiger partial charge in [0.1, 0.15) is 5.75 Å². The first-order valence-electron chi connectivity index (χ1n) is 13.5. The number of allylic oxidation sites excluding steroid dienone is 2. The molecule has 7 heteroatoms. The molecule has 1 aromatic rings. The molecule has 0 unspecified atom stereocenters. The number of benzene rings is 1. The molecule has 0 aliphatic heterocycles. The normalized spacial score (nSPS) is 10.3. The summed E-state index contributed by atoms with van der Waals surface area (Å²) < 4.78 is 22.5. The van der Waals surface area contributed by atoms with Crippen LogP contribution in [-0.4, -0.2) is 33.3 Å². The number of ether oxygens (including phenoxy) is 3. The van der Waals surface area contributed by atoms with E-state index in [0.29, 0.717) is 6.42 Å². The summed E-state index contributed by atoms with van der Waals surface area (Å²) in [5, 5.41) is 0. The first kappa shape index (κ1) is 37.0. The summed E-state index contributed by atoms with van der Waals surface area (Å²) in [5.74, 6) is 0.357. The number of hydrogen-bond acceptors (Lipinski definition) is 6. The maximum absolute atomic E-state index is 10.9.